The lowest BCUT2D eigenvalue weighted by atomic mass is 10.1. The Balaban J connectivity index is 2.17. The molecule has 82 valence electrons. The van der Waals surface area contributed by atoms with E-state index >= 15 is 0 Å². The lowest BCUT2D eigenvalue weighted by molar-refractivity contribution is 0.0436. The molecule has 2 heterocycles. The molecule has 0 aromatic carbocycles. The largest absolute Gasteiger partial charge is 0.367 e. The van der Waals surface area contributed by atoms with Crippen LogP contribution in [0, 0.1) is 6.92 Å². The van der Waals surface area contributed by atoms with Crippen molar-refractivity contribution in [2.45, 2.75) is 38.9 Å². The van der Waals surface area contributed by atoms with Crippen LogP contribution in [0.4, 0.5) is 0 Å². The average molecular weight is 289 g/mol. The molecule has 0 amide bonds. The fourth-order valence-electron chi connectivity index (χ4n) is 1.79. The summed E-state index contributed by atoms with van der Waals surface area (Å²) in [5.41, 5.74) is 0. The first-order chi connectivity index (χ1) is 7.08. The average Bonchev–Trinajstić information content (AvgIpc) is 2.71. The Morgan fingerprint density at radius 2 is 2.33 bits per heavy atom. The fraction of sp³-hybridized carbons (Fsp3) is 0.545. The van der Waals surface area contributed by atoms with Gasteiger partial charge in [0.15, 0.2) is 0 Å². The quantitative estimate of drug-likeness (QED) is 0.778. The van der Waals surface area contributed by atoms with Gasteiger partial charge in [0.1, 0.15) is 6.10 Å². The summed E-state index contributed by atoms with van der Waals surface area (Å²) in [5.74, 6) is 0.129. The number of ketones is 1. The van der Waals surface area contributed by atoms with Gasteiger partial charge in [-0.25, -0.2) is 0 Å². The van der Waals surface area contributed by atoms with Crippen LogP contribution >= 0.6 is 27.3 Å². The van der Waals surface area contributed by atoms with Crippen LogP contribution in [0.25, 0.3) is 0 Å². The van der Waals surface area contributed by atoms with Gasteiger partial charge < -0.3 is 4.74 Å². The van der Waals surface area contributed by atoms with Crippen molar-refractivity contribution in [1.29, 1.82) is 0 Å². The van der Waals surface area contributed by atoms with Crippen molar-refractivity contribution >= 4 is 33.0 Å². The van der Waals surface area contributed by atoms with Gasteiger partial charge in [0, 0.05) is 9.35 Å². The highest BCUT2D eigenvalue weighted by molar-refractivity contribution is 9.10. The van der Waals surface area contributed by atoms with E-state index in [2.05, 4.69) is 15.9 Å². The Morgan fingerprint density at radius 3 is 2.80 bits per heavy atom. The van der Waals surface area contributed by atoms with Crippen LogP contribution in [0.3, 0.4) is 0 Å². The third-order valence-electron chi connectivity index (χ3n) is 2.56. The summed E-state index contributed by atoms with van der Waals surface area (Å²) in [5, 5.41) is 0. The van der Waals surface area contributed by atoms with Crippen molar-refractivity contribution in [2.75, 3.05) is 0 Å². The van der Waals surface area contributed by atoms with Crippen molar-refractivity contribution in [3.63, 3.8) is 0 Å². The smallest absolute Gasteiger partial charge is 0.202 e. The molecule has 2 atom stereocenters. The molecule has 2 unspecified atom stereocenters. The molecule has 4 heteroatoms. The lowest BCUT2D eigenvalue weighted by Crippen LogP contribution is -2.20. The van der Waals surface area contributed by atoms with Crippen LogP contribution in [0.2, 0.25) is 0 Å². The van der Waals surface area contributed by atoms with Crippen molar-refractivity contribution < 1.29 is 9.53 Å². The maximum Gasteiger partial charge on any atom is 0.202 e. The van der Waals surface area contributed by atoms with Gasteiger partial charge in [-0.1, -0.05) is 0 Å². The molecule has 0 N–H and O–H groups in total. The number of rotatable bonds is 2. The first-order valence-electron chi connectivity index (χ1n) is 5.03. The van der Waals surface area contributed by atoms with Gasteiger partial charge in [-0.05, 0) is 48.7 Å². The molecule has 1 saturated heterocycles. The third-order valence-corrected chi connectivity index (χ3v) is 4.51. The highest BCUT2D eigenvalue weighted by Crippen LogP contribution is 2.31. The molecule has 0 radical (unpaired) electrons. The van der Waals surface area contributed by atoms with Crippen LogP contribution in [0.5, 0.6) is 0 Å². The first-order valence-corrected chi connectivity index (χ1v) is 6.64. The van der Waals surface area contributed by atoms with E-state index in [1.807, 2.05) is 19.9 Å². The molecule has 15 heavy (non-hydrogen) atoms. The number of aryl methyl sites for hydroxylation is 1. The normalized spacial score (nSPS) is 25.8. The topological polar surface area (TPSA) is 26.3 Å². The predicted molar refractivity (Wildman–Crippen MR) is 64.7 cm³/mol. The highest BCUT2D eigenvalue weighted by Gasteiger charge is 2.30. The second-order valence-electron chi connectivity index (χ2n) is 3.91. The standard InChI is InChI=1S/C11H13BrO2S/c1-6-3-4-9(14-6)10(13)11-8(12)5-7(2)15-11/h5-6,9H,3-4H2,1-2H3. The molecule has 1 aromatic heterocycles. The van der Waals surface area contributed by atoms with Gasteiger partial charge in [0.05, 0.1) is 11.0 Å². The Morgan fingerprint density at radius 1 is 1.60 bits per heavy atom. The van der Waals surface area contributed by atoms with E-state index in [0.717, 1.165) is 27.1 Å². The maximum absolute atomic E-state index is 12.1. The molecular weight excluding hydrogens is 276 g/mol. The zero-order chi connectivity index (χ0) is 11.0. The number of ether oxygens (including phenoxy) is 1. The van der Waals surface area contributed by atoms with Crippen molar-refractivity contribution in [2.24, 2.45) is 0 Å². The number of thiophene rings is 1. The van der Waals surface area contributed by atoms with Gasteiger partial charge in [0.25, 0.3) is 0 Å². The maximum atomic E-state index is 12.1. The van der Waals surface area contributed by atoms with Crippen LogP contribution < -0.4 is 0 Å². The number of carbonyl (C=O) groups excluding carboxylic acids is 1. The van der Waals surface area contributed by atoms with Crippen molar-refractivity contribution in [1.82, 2.24) is 0 Å². The molecule has 2 nitrogen and oxygen atoms in total. The van der Waals surface area contributed by atoms with E-state index in [-0.39, 0.29) is 18.0 Å². The van der Waals surface area contributed by atoms with E-state index in [0.29, 0.717) is 0 Å². The molecule has 1 fully saturated rings. The number of hydrogen-bond donors (Lipinski definition) is 0. The molecule has 2 rings (SSSR count). The summed E-state index contributed by atoms with van der Waals surface area (Å²) >= 11 is 4.95. The zero-order valence-corrected chi connectivity index (χ0v) is 11.2. The van der Waals surface area contributed by atoms with E-state index in [4.69, 9.17) is 4.74 Å². The number of halogens is 1. The summed E-state index contributed by atoms with van der Waals surface area (Å²) in [6, 6.07) is 1.98. The van der Waals surface area contributed by atoms with E-state index in [1.165, 1.54) is 11.3 Å². The fourth-order valence-corrected chi connectivity index (χ4v) is 3.61. The Kier molecular flexibility index (Phi) is 3.28. The molecule has 1 aliphatic rings. The van der Waals surface area contributed by atoms with E-state index in [9.17, 15) is 4.79 Å². The summed E-state index contributed by atoms with van der Waals surface area (Å²) in [7, 11) is 0. The number of carbonyl (C=O) groups is 1. The Labute approximate surface area is 102 Å². The molecule has 0 saturated carbocycles. The lowest BCUT2D eigenvalue weighted by Gasteiger charge is -2.08. The van der Waals surface area contributed by atoms with Crippen LogP contribution in [-0.2, 0) is 4.74 Å². The summed E-state index contributed by atoms with van der Waals surface area (Å²) in [6.07, 6.45) is 1.83. The van der Waals surface area contributed by atoms with Crippen molar-refractivity contribution in [3.8, 4) is 0 Å². The van der Waals surface area contributed by atoms with Gasteiger partial charge in [-0.3, -0.25) is 4.79 Å². The highest BCUT2D eigenvalue weighted by atomic mass is 79.9. The summed E-state index contributed by atoms with van der Waals surface area (Å²) in [6.45, 7) is 4.02. The first kappa shape index (κ1) is 11.3. The Hall–Kier alpha value is -0.190. The molecule has 0 aliphatic carbocycles. The molecule has 0 spiro atoms. The number of Topliss-reactive ketones (excluding diaryl/α,β-unsaturated/α-hetero) is 1. The number of hydrogen-bond acceptors (Lipinski definition) is 3. The minimum absolute atomic E-state index is 0.129. The second kappa shape index (κ2) is 4.36. The SMILES string of the molecule is Cc1cc(Br)c(C(=O)C2CCC(C)O2)s1. The molecule has 1 aliphatic heterocycles. The van der Waals surface area contributed by atoms with Crippen LogP contribution in [-0.4, -0.2) is 18.0 Å². The molecule has 0 bridgehead atoms. The summed E-state index contributed by atoms with van der Waals surface area (Å²) < 4.78 is 6.48. The van der Waals surface area contributed by atoms with E-state index < -0.39 is 0 Å². The summed E-state index contributed by atoms with van der Waals surface area (Å²) in [4.78, 5) is 14.0. The Bertz CT molecular complexity index is 386. The van der Waals surface area contributed by atoms with Crippen molar-refractivity contribution in [3.05, 3.63) is 20.3 Å². The second-order valence-corrected chi connectivity index (χ2v) is 6.02. The van der Waals surface area contributed by atoms with Gasteiger partial charge in [-0.15, -0.1) is 11.3 Å². The minimum atomic E-state index is -0.227. The monoisotopic (exact) mass is 288 g/mol. The van der Waals surface area contributed by atoms with Gasteiger partial charge >= 0.3 is 0 Å². The minimum Gasteiger partial charge on any atom is -0.367 e. The van der Waals surface area contributed by atoms with E-state index in [1.54, 1.807) is 0 Å². The predicted octanol–water partition coefficient (Wildman–Crippen LogP) is 3.57. The van der Waals surface area contributed by atoms with Crippen LogP contribution in [0.15, 0.2) is 10.5 Å². The molecular formula is C11H13BrO2S. The van der Waals surface area contributed by atoms with Gasteiger partial charge in [-0.2, -0.15) is 0 Å². The van der Waals surface area contributed by atoms with Gasteiger partial charge in [0.2, 0.25) is 5.78 Å². The van der Waals surface area contributed by atoms with Crippen LogP contribution in [0.1, 0.15) is 34.3 Å². The third kappa shape index (κ3) is 2.32. The zero-order valence-electron chi connectivity index (χ0n) is 8.75. The molecule has 1 aromatic rings.